The van der Waals surface area contributed by atoms with Crippen molar-refractivity contribution in [1.82, 2.24) is 0 Å². The van der Waals surface area contributed by atoms with E-state index < -0.39 is 24.0 Å². The molecule has 0 aliphatic carbocycles. The quantitative estimate of drug-likeness (QED) is 0.264. The zero-order chi connectivity index (χ0) is 29.7. The summed E-state index contributed by atoms with van der Waals surface area (Å²) in [6.45, 7) is 2.07. The maximum Gasteiger partial charge on any atom is 0.573 e. The maximum absolute atomic E-state index is 14.0. The Kier molecular flexibility index (Phi) is 9.07. The van der Waals surface area contributed by atoms with Gasteiger partial charge >= 0.3 is 18.2 Å². The number of hydrogen-bond donors (Lipinski definition) is 2. The molecule has 0 fully saturated rings. The van der Waals surface area contributed by atoms with Gasteiger partial charge in [0, 0.05) is 30.1 Å². The predicted molar refractivity (Wildman–Crippen MR) is 145 cm³/mol. The fourth-order valence-corrected chi connectivity index (χ4v) is 4.61. The Hall–Kier alpha value is -4.25. The Morgan fingerprint density at radius 2 is 1.76 bits per heavy atom. The van der Waals surface area contributed by atoms with Crippen LogP contribution in [0.5, 0.6) is 17.2 Å². The number of amides is 1. The summed E-state index contributed by atoms with van der Waals surface area (Å²) < 4.78 is 54.1. The van der Waals surface area contributed by atoms with Crippen LogP contribution in [0.15, 0.2) is 54.6 Å². The van der Waals surface area contributed by atoms with Gasteiger partial charge in [0.05, 0.1) is 37.1 Å². The highest BCUT2D eigenvalue weighted by Crippen LogP contribution is 2.37. The molecule has 0 saturated heterocycles. The van der Waals surface area contributed by atoms with Gasteiger partial charge in [-0.3, -0.25) is 9.59 Å². The Bertz CT molecular complexity index is 1470. The molecule has 0 radical (unpaired) electrons. The minimum atomic E-state index is -4.88. The number of benzene rings is 3. The van der Waals surface area contributed by atoms with Crippen LogP contribution < -0.4 is 24.1 Å². The normalized spacial score (nSPS) is 13.1. The number of carboxylic acid groups (broad SMARTS) is 1. The lowest BCUT2D eigenvalue weighted by atomic mass is 10.1. The van der Waals surface area contributed by atoms with Crippen LogP contribution in [0.3, 0.4) is 0 Å². The Labute approximate surface area is 238 Å². The molecular weight excluding hydrogens is 565 g/mol. The maximum atomic E-state index is 14.0. The number of carbonyl (C=O) groups excluding carboxylic acids is 1. The van der Waals surface area contributed by atoms with Crippen molar-refractivity contribution in [2.75, 3.05) is 25.2 Å². The summed E-state index contributed by atoms with van der Waals surface area (Å²) in [5, 5.41) is 9.31. The molecule has 3 aromatic rings. The molecule has 0 bridgehead atoms. The number of anilines is 1. The average molecular weight is 592 g/mol. The number of carbonyl (C=O) groups is 2. The molecule has 0 unspecified atom stereocenters. The van der Waals surface area contributed by atoms with E-state index in [1.165, 1.54) is 24.1 Å². The third-order valence-electron chi connectivity index (χ3n) is 6.31. The molecule has 0 aromatic heterocycles. The van der Waals surface area contributed by atoms with Crippen LogP contribution in [0.25, 0.3) is 0 Å². The third-order valence-corrected chi connectivity index (χ3v) is 6.57. The fourth-order valence-electron chi connectivity index (χ4n) is 4.48. The molecule has 0 atom stereocenters. The van der Waals surface area contributed by atoms with Crippen molar-refractivity contribution < 1.29 is 47.1 Å². The molecule has 1 amide bonds. The average Bonchev–Trinajstić information content (AvgIpc) is 3.33. The van der Waals surface area contributed by atoms with E-state index >= 15 is 0 Å². The summed E-state index contributed by atoms with van der Waals surface area (Å²) in [5.41, 5.74) is 2.71. The summed E-state index contributed by atoms with van der Waals surface area (Å²) in [6, 6.07) is 13.9. The first kappa shape index (κ1) is 29.7. The van der Waals surface area contributed by atoms with Gasteiger partial charge in [0.1, 0.15) is 17.2 Å². The number of carboxylic acids is 1. The van der Waals surface area contributed by atoms with E-state index in [1.54, 1.807) is 49.4 Å². The lowest BCUT2D eigenvalue weighted by molar-refractivity contribution is -0.352. The molecule has 1 aliphatic heterocycles. The molecule has 8 nitrogen and oxygen atoms in total. The molecule has 0 saturated carbocycles. The molecule has 41 heavy (non-hydrogen) atoms. The Morgan fingerprint density at radius 3 is 2.41 bits per heavy atom. The number of halogens is 4. The number of methoxy groups -OCH3 is 1. The van der Waals surface area contributed by atoms with Crippen LogP contribution in [0.2, 0.25) is 5.02 Å². The first-order valence-corrected chi connectivity index (χ1v) is 13.0. The van der Waals surface area contributed by atoms with Crippen LogP contribution in [0, 0.1) is 6.92 Å². The Balaban J connectivity index is 1.73. The molecule has 12 heteroatoms. The van der Waals surface area contributed by atoms with Gasteiger partial charge < -0.3 is 24.2 Å². The summed E-state index contributed by atoms with van der Waals surface area (Å²) in [7, 11) is 1.46. The van der Waals surface area contributed by atoms with Gasteiger partial charge in [0.25, 0.3) is 5.71 Å². The van der Waals surface area contributed by atoms with E-state index in [1.807, 2.05) is 0 Å². The molecule has 0 spiro atoms. The van der Waals surface area contributed by atoms with E-state index in [9.17, 15) is 22.8 Å². The second-order valence-corrected chi connectivity index (χ2v) is 9.68. The van der Waals surface area contributed by atoms with Crippen molar-refractivity contribution in [3.05, 3.63) is 76.3 Å². The highest BCUT2D eigenvalue weighted by molar-refractivity contribution is 6.47. The molecule has 3 aromatic carbocycles. The number of aliphatic carboxylic acids is 1. The lowest BCUT2D eigenvalue weighted by Crippen LogP contribution is -2.70. The predicted octanol–water partition coefficient (Wildman–Crippen LogP) is 4.59. The van der Waals surface area contributed by atoms with Crippen LogP contribution in [0.4, 0.5) is 24.5 Å². The highest BCUT2D eigenvalue weighted by atomic mass is 35.5. The van der Waals surface area contributed by atoms with Gasteiger partial charge in [-0.05, 0) is 61.2 Å². The third kappa shape index (κ3) is 7.69. The Morgan fingerprint density at radius 1 is 1.05 bits per heavy atom. The molecule has 216 valence electrons. The van der Waals surface area contributed by atoms with Crippen molar-refractivity contribution in [3.63, 3.8) is 0 Å². The zero-order valence-electron chi connectivity index (χ0n) is 22.2. The standard InChI is InChI=1S/C29H26ClF3N2O6/c1-17-12-23(41-29(31,32)33)16-25-24(17)9-10-35(25)28(38)27(18-5-7-19(30)8-6-18)34-20-13-21(39-2)15-22(14-20)40-11-3-4-26(36)37/h5-8,12-16H,3-4,9-11H2,1-2H3,(H,36,37)/p+1. The fraction of sp³-hybridized carbons (Fsp3) is 0.276. The number of rotatable bonds is 10. The van der Waals surface area contributed by atoms with E-state index in [4.69, 9.17) is 26.2 Å². The van der Waals surface area contributed by atoms with Crippen molar-refractivity contribution in [2.45, 2.75) is 32.5 Å². The van der Waals surface area contributed by atoms with Gasteiger partial charge in [0.15, 0.2) is 0 Å². The van der Waals surface area contributed by atoms with Crippen LogP contribution in [-0.4, -0.2) is 49.3 Å². The largest absolute Gasteiger partial charge is 0.573 e. The number of fused-ring (bicyclic) bond motifs is 1. The first-order chi connectivity index (χ1) is 19.4. The number of nitrogens with zero attached hydrogens (tertiary/aromatic N) is 1. The minimum Gasteiger partial charge on any atom is -0.496 e. The van der Waals surface area contributed by atoms with Gasteiger partial charge in [-0.2, -0.15) is 4.99 Å². The number of aryl methyl sites for hydroxylation is 1. The highest BCUT2D eigenvalue weighted by Gasteiger charge is 2.36. The number of ether oxygens (including phenoxy) is 3. The summed E-state index contributed by atoms with van der Waals surface area (Å²) in [6.07, 6.45) is -4.18. The molecule has 2 N–H and O–H groups in total. The monoisotopic (exact) mass is 591 g/mol. The van der Waals surface area contributed by atoms with Gasteiger partial charge in [-0.25, -0.2) is 0 Å². The molecular formula is C29H27ClF3N2O6+. The van der Waals surface area contributed by atoms with Crippen molar-refractivity contribution >= 4 is 40.6 Å². The van der Waals surface area contributed by atoms with E-state index in [0.717, 1.165) is 5.56 Å². The van der Waals surface area contributed by atoms with Gasteiger partial charge in [-0.15, -0.1) is 13.2 Å². The molecule has 4 rings (SSSR count). The number of nitrogens with one attached hydrogen (secondary N) is 1. The lowest BCUT2D eigenvalue weighted by Gasteiger charge is -2.18. The first-order valence-electron chi connectivity index (χ1n) is 12.6. The SMILES string of the molecule is COc1cc([NH+]=C(C(=O)N2CCc3c(C)cc(OC(F)(F)F)cc32)c2ccc(Cl)cc2)cc(OCCCC(=O)O)c1. The van der Waals surface area contributed by atoms with E-state index in [0.29, 0.717) is 51.9 Å². The van der Waals surface area contributed by atoms with Crippen molar-refractivity contribution in [2.24, 2.45) is 0 Å². The minimum absolute atomic E-state index is 0.0510. The van der Waals surface area contributed by atoms with Gasteiger partial charge in [-0.1, -0.05) is 11.6 Å². The summed E-state index contributed by atoms with van der Waals surface area (Å²) >= 11 is 6.08. The smallest absolute Gasteiger partial charge is 0.496 e. The topological polar surface area (TPSA) is 99.3 Å². The van der Waals surface area contributed by atoms with Gasteiger partial charge in [0.2, 0.25) is 5.69 Å². The van der Waals surface area contributed by atoms with Crippen LogP contribution >= 0.6 is 11.6 Å². The van der Waals surface area contributed by atoms with E-state index in [-0.39, 0.29) is 25.3 Å². The van der Waals surface area contributed by atoms with Crippen molar-refractivity contribution in [1.29, 1.82) is 0 Å². The number of alkyl halides is 3. The van der Waals surface area contributed by atoms with E-state index in [2.05, 4.69) is 9.73 Å². The summed E-state index contributed by atoms with van der Waals surface area (Å²) in [4.78, 5) is 29.4. The second-order valence-electron chi connectivity index (χ2n) is 9.24. The van der Waals surface area contributed by atoms with Crippen molar-refractivity contribution in [3.8, 4) is 17.2 Å². The zero-order valence-corrected chi connectivity index (χ0v) is 22.9. The van der Waals surface area contributed by atoms with Crippen LogP contribution in [-0.2, 0) is 16.0 Å². The molecule has 1 aliphatic rings. The van der Waals surface area contributed by atoms with Crippen LogP contribution in [0.1, 0.15) is 29.5 Å². The number of hydrogen-bond acceptors (Lipinski definition) is 5. The molecule has 1 heterocycles. The summed E-state index contributed by atoms with van der Waals surface area (Å²) in [5.74, 6) is -1.02. The second kappa shape index (κ2) is 12.5.